The van der Waals surface area contributed by atoms with Crippen molar-refractivity contribution in [3.8, 4) is 0 Å². The van der Waals surface area contributed by atoms with E-state index in [0.29, 0.717) is 10.0 Å². The zero-order valence-corrected chi connectivity index (χ0v) is 14.9. The molecule has 0 saturated carbocycles. The smallest absolute Gasteiger partial charge is 0.0860 e. The van der Waals surface area contributed by atoms with Crippen LogP contribution in [0.2, 0.25) is 10.0 Å². The maximum absolute atomic E-state index is 6.59. The summed E-state index contributed by atoms with van der Waals surface area (Å²) in [6.07, 6.45) is 0. The van der Waals surface area contributed by atoms with Crippen LogP contribution in [-0.4, -0.2) is 0 Å². The lowest BCUT2D eigenvalue weighted by molar-refractivity contribution is 1.11. The maximum Gasteiger partial charge on any atom is 0.0860 e. The van der Waals surface area contributed by atoms with Gasteiger partial charge in [0.1, 0.15) is 0 Å². The van der Waals surface area contributed by atoms with Crippen molar-refractivity contribution in [1.29, 1.82) is 0 Å². The molecule has 0 heterocycles. The average molecular weight is 426 g/mol. The molecule has 0 nitrogen and oxygen atoms in total. The van der Waals surface area contributed by atoms with E-state index in [9.17, 15) is 0 Å². The van der Waals surface area contributed by atoms with Crippen molar-refractivity contribution < 1.29 is 0 Å². The second-order valence-corrected chi connectivity index (χ2v) is 6.93. The summed E-state index contributed by atoms with van der Waals surface area (Å²) >= 11 is 21.2. The van der Waals surface area contributed by atoms with Crippen LogP contribution in [0.5, 0.6) is 0 Å². The van der Waals surface area contributed by atoms with E-state index in [0.717, 1.165) is 14.7 Å². The molecular formula is C15H12Cl3I. The number of benzene rings is 2. The Morgan fingerprint density at radius 2 is 1.58 bits per heavy atom. The molecule has 2 rings (SSSR count). The Bertz CT molecular complexity index is 623. The van der Waals surface area contributed by atoms with Crippen LogP contribution in [0.15, 0.2) is 30.3 Å². The highest BCUT2D eigenvalue weighted by Crippen LogP contribution is 2.38. The van der Waals surface area contributed by atoms with Gasteiger partial charge in [-0.2, -0.15) is 0 Å². The highest BCUT2D eigenvalue weighted by atomic mass is 127. The second kappa shape index (κ2) is 6.21. The molecule has 0 amide bonds. The van der Waals surface area contributed by atoms with Gasteiger partial charge in [-0.3, -0.25) is 0 Å². The molecule has 0 aliphatic carbocycles. The van der Waals surface area contributed by atoms with E-state index in [4.69, 9.17) is 34.8 Å². The van der Waals surface area contributed by atoms with E-state index in [2.05, 4.69) is 29.5 Å². The van der Waals surface area contributed by atoms with Gasteiger partial charge in [0.05, 0.1) is 5.38 Å². The molecule has 4 heteroatoms. The molecular weight excluding hydrogens is 413 g/mol. The first-order valence-corrected chi connectivity index (χ1v) is 8.03. The fourth-order valence-electron chi connectivity index (χ4n) is 1.87. The van der Waals surface area contributed by atoms with Crippen LogP contribution in [-0.2, 0) is 0 Å². The summed E-state index contributed by atoms with van der Waals surface area (Å²) in [5.41, 5.74) is 4.26. The summed E-state index contributed by atoms with van der Waals surface area (Å²) in [5.74, 6) is 0. The Kier molecular flexibility index (Phi) is 5.04. The van der Waals surface area contributed by atoms with Gasteiger partial charge in [-0.1, -0.05) is 29.3 Å². The molecule has 0 aliphatic rings. The van der Waals surface area contributed by atoms with E-state index in [1.807, 2.05) is 37.3 Å². The van der Waals surface area contributed by atoms with Crippen LogP contribution >= 0.6 is 57.4 Å². The van der Waals surface area contributed by atoms with Gasteiger partial charge in [-0.05, 0) is 83.0 Å². The monoisotopic (exact) mass is 424 g/mol. The molecule has 19 heavy (non-hydrogen) atoms. The number of rotatable bonds is 2. The largest absolute Gasteiger partial charge is 0.112 e. The summed E-state index contributed by atoms with van der Waals surface area (Å²) < 4.78 is 1.08. The Balaban J connectivity index is 2.52. The first-order valence-electron chi connectivity index (χ1n) is 5.76. The molecule has 0 aliphatic heterocycles. The zero-order valence-electron chi connectivity index (χ0n) is 10.5. The fourth-order valence-corrected chi connectivity index (χ4v) is 3.63. The van der Waals surface area contributed by atoms with Crippen molar-refractivity contribution in [2.75, 3.05) is 0 Å². The van der Waals surface area contributed by atoms with Crippen molar-refractivity contribution in [2.45, 2.75) is 19.2 Å². The van der Waals surface area contributed by atoms with Crippen molar-refractivity contribution in [3.05, 3.63) is 66.2 Å². The van der Waals surface area contributed by atoms with Gasteiger partial charge >= 0.3 is 0 Å². The predicted molar refractivity (Wildman–Crippen MR) is 92.8 cm³/mol. The van der Waals surface area contributed by atoms with E-state index in [1.165, 1.54) is 11.1 Å². The molecule has 0 saturated heterocycles. The molecule has 0 bridgehead atoms. The van der Waals surface area contributed by atoms with Crippen molar-refractivity contribution in [3.63, 3.8) is 0 Å². The molecule has 0 N–H and O–H groups in total. The molecule has 1 unspecified atom stereocenters. The van der Waals surface area contributed by atoms with E-state index in [-0.39, 0.29) is 5.38 Å². The van der Waals surface area contributed by atoms with Gasteiger partial charge in [-0.15, -0.1) is 11.6 Å². The first-order chi connectivity index (χ1) is 8.90. The van der Waals surface area contributed by atoms with Gasteiger partial charge in [0.15, 0.2) is 0 Å². The topological polar surface area (TPSA) is 0 Å². The molecule has 0 fully saturated rings. The van der Waals surface area contributed by atoms with E-state index < -0.39 is 0 Å². The molecule has 2 aromatic carbocycles. The van der Waals surface area contributed by atoms with Gasteiger partial charge in [0, 0.05) is 13.6 Å². The Hall–Kier alpha value is 0.0400. The van der Waals surface area contributed by atoms with Gasteiger partial charge in [0.25, 0.3) is 0 Å². The number of halogens is 4. The molecule has 0 radical (unpaired) electrons. The van der Waals surface area contributed by atoms with Gasteiger partial charge in [0.2, 0.25) is 0 Å². The van der Waals surface area contributed by atoms with Crippen LogP contribution in [0.25, 0.3) is 0 Å². The predicted octanol–water partition coefficient (Wildman–Crippen LogP) is 6.54. The summed E-state index contributed by atoms with van der Waals surface area (Å²) in [7, 11) is 0. The fraction of sp³-hybridized carbons (Fsp3) is 0.200. The lowest BCUT2D eigenvalue weighted by atomic mass is 10.00. The summed E-state index contributed by atoms with van der Waals surface area (Å²) in [6.45, 7) is 4.10. The molecule has 0 spiro atoms. The third-order valence-electron chi connectivity index (χ3n) is 3.12. The molecule has 0 aromatic heterocycles. The van der Waals surface area contributed by atoms with Crippen molar-refractivity contribution >= 4 is 57.4 Å². The maximum atomic E-state index is 6.59. The SMILES string of the molecule is Cc1cc(Cl)c(C(Cl)c2cc(Cl)ccc2I)cc1C. The third kappa shape index (κ3) is 3.38. The number of aryl methyl sites for hydroxylation is 2. The standard InChI is InChI=1S/C15H12Cl3I/c1-8-5-11(13(17)6-9(8)2)15(18)12-7-10(16)3-4-14(12)19/h3-7,15H,1-2H3. The summed E-state index contributed by atoms with van der Waals surface area (Å²) in [5, 5.41) is 1.08. The molecule has 2 aromatic rings. The zero-order chi connectivity index (χ0) is 14.2. The number of alkyl halides is 1. The second-order valence-electron chi connectivity index (χ2n) is 4.49. The van der Waals surface area contributed by atoms with Crippen LogP contribution in [0, 0.1) is 17.4 Å². The van der Waals surface area contributed by atoms with Gasteiger partial charge < -0.3 is 0 Å². The quantitative estimate of drug-likeness (QED) is 0.378. The highest BCUT2D eigenvalue weighted by Gasteiger charge is 2.18. The van der Waals surface area contributed by atoms with Gasteiger partial charge in [-0.25, -0.2) is 0 Å². The lowest BCUT2D eigenvalue weighted by Gasteiger charge is -2.16. The highest BCUT2D eigenvalue weighted by molar-refractivity contribution is 14.1. The molecule has 1 atom stereocenters. The minimum Gasteiger partial charge on any atom is -0.112 e. The van der Waals surface area contributed by atoms with Crippen molar-refractivity contribution in [1.82, 2.24) is 0 Å². The average Bonchev–Trinajstić information content (AvgIpc) is 2.36. The number of hydrogen-bond donors (Lipinski definition) is 0. The van der Waals surface area contributed by atoms with Crippen LogP contribution in [0.3, 0.4) is 0 Å². The third-order valence-corrected chi connectivity index (χ3v) is 5.13. The Labute approximate surface area is 142 Å². The molecule has 100 valence electrons. The minimum absolute atomic E-state index is 0.294. The summed E-state index contributed by atoms with van der Waals surface area (Å²) in [4.78, 5) is 0. The minimum atomic E-state index is -0.294. The van der Waals surface area contributed by atoms with E-state index in [1.54, 1.807) is 0 Å². The number of hydrogen-bond acceptors (Lipinski definition) is 0. The van der Waals surface area contributed by atoms with Crippen LogP contribution in [0.1, 0.15) is 27.6 Å². The van der Waals surface area contributed by atoms with Crippen LogP contribution in [0.4, 0.5) is 0 Å². The first kappa shape index (κ1) is 15.4. The normalized spacial score (nSPS) is 12.5. The lowest BCUT2D eigenvalue weighted by Crippen LogP contribution is -1.99. The Morgan fingerprint density at radius 3 is 2.26 bits per heavy atom. The Morgan fingerprint density at radius 1 is 0.947 bits per heavy atom. The van der Waals surface area contributed by atoms with Crippen LogP contribution < -0.4 is 0 Å². The van der Waals surface area contributed by atoms with Crippen molar-refractivity contribution in [2.24, 2.45) is 0 Å². The summed E-state index contributed by atoms with van der Waals surface area (Å²) in [6, 6.07) is 9.72. The van der Waals surface area contributed by atoms with E-state index >= 15 is 0 Å².